The van der Waals surface area contributed by atoms with E-state index in [0.29, 0.717) is 11.7 Å². The van der Waals surface area contributed by atoms with Gasteiger partial charge in [0.05, 0.1) is 0 Å². The van der Waals surface area contributed by atoms with Crippen molar-refractivity contribution in [3.63, 3.8) is 0 Å². The maximum atomic E-state index is 11.0. The van der Waals surface area contributed by atoms with Gasteiger partial charge in [0, 0.05) is 25.4 Å². The number of hydrogen-bond acceptors (Lipinski definition) is 2. The van der Waals surface area contributed by atoms with Gasteiger partial charge in [0.2, 0.25) is 0 Å². The highest BCUT2D eigenvalue weighted by atomic mass is 16.1. The zero-order chi connectivity index (χ0) is 6.69. The van der Waals surface area contributed by atoms with Crippen molar-refractivity contribution >= 4 is 5.78 Å². The third-order valence-corrected chi connectivity index (χ3v) is 1.89. The standard InChI is InChI=1S/C7H13NO/c1-2-6-5-8-4-3-7(6)9/h6,8H,2-5H2,1H3/t6-/m0/s1. The minimum absolute atomic E-state index is 0.304. The fourth-order valence-corrected chi connectivity index (χ4v) is 1.18. The van der Waals surface area contributed by atoms with Crippen LogP contribution < -0.4 is 5.32 Å². The van der Waals surface area contributed by atoms with Gasteiger partial charge in [-0.25, -0.2) is 0 Å². The first kappa shape index (κ1) is 6.75. The maximum absolute atomic E-state index is 11.0. The zero-order valence-corrected chi connectivity index (χ0v) is 5.81. The molecule has 1 heterocycles. The Balaban J connectivity index is 2.39. The van der Waals surface area contributed by atoms with Crippen molar-refractivity contribution in [1.29, 1.82) is 0 Å². The van der Waals surface area contributed by atoms with Crippen LogP contribution in [0.4, 0.5) is 0 Å². The Hall–Kier alpha value is -0.370. The molecule has 0 saturated carbocycles. The Morgan fingerprint density at radius 3 is 3.00 bits per heavy atom. The van der Waals surface area contributed by atoms with Gasteiger partial charge in [0.15, 0.2) is 0 Å². The Morgan fingerprint density at radius 2 is 2.56 bits per heavy atom. The third-order valence-electron chi connectivity index (χ3n) is 1.89. The highest BCUT2D eigenvalue weighted by molar-refractivity contribution is 5.82. The first-order valence-electron chi connectivity index (χ1n) is 3.58. The molecule has 1 aliphatic rings. The molecule has 0 aliphatic carbocycles. The van der Waals surface area contributed by atoms with Crippen molar-refractivity contribution in [1.82, 2.24) is 5.32 Å². The zero-order valence-electron chi connectivity index (χ0n) is 5.81. The van der Waals surface area contributed by atoms with E-state index in [2.05, 4.69) is 12.2 Å². The molecule has 1 rings (SSSR count). The minimum atomic E-state index is 0.304. The first-order valence-corrected chi connectivity index (χ1v) is 3.58. The molecule has 2 nitrogen and oxygen atoms in total. The van der Waals surface area contributed by atoms with Crippen molar-refractivity contribution in [2.75, 3.05) is 13.1 Å². The van der Waals surface area contributed by atoms with Crippen molar-refractivity contribution in [2.45, 2.75) is 19.8 Å². The van der Waals surface area contributed by atoms with Gasteiger partial charge in [-0.15, -0.1) is 0 Å². The van der Waals surface area contributed by atoms with E-state index in [1.54, 1.807) is 0 Å². The predicted octanol–water partition coefficient (Wildman–Crippen LogP) is 0.575. The van der Waals surface area contributed by atoms with Crippen molar-refractivity contribution in [3.8, 4) is 0 Å². The molecule has 1 aliphatic heterocycles. The topological polar surface area (TPSA) is 29.1 Å². The molecule has 0 radical (unpaired) electrons. The lowest BCUT2D eigenvalue weighted by Gasteiger charge is -2.19. The summed E-state index contributed by atoms with van der Waals surface area (Å²) in [5, 5.41) is 3.20. The lowest BCUT2D eigenvalue weighted by molar-refractivity contribution is -0.123. The van der Waals surface area contributed by atoms with Crippen LogP contribution in [-0.2, 0) is 4.79 Å². The summed E-state index contributed by atoms with van der Waals surface area (Å²) in [7, 11) is 0. The maximum Gasteiger partial charge on any atom is 0.138 e. The van der Waals surface area contributed by atoms with Crippen LogP contribution in [0.5, 0.6) is 0 Å². The molecular weight excluding hydrogens is 114 g/mol. The number of Topliss-reactive ketones (excluding diaryl/α,β-unsaturated/α-hetero) is 1. The summed E-state index contributed by atoms with van der Waals surface area (Å²) >= 11 is 0. The van der Waals surface area contributed by atoms with Gasteiger partial charge in [0.1, 0.15) is 5.78 Å². The summed E-state index contributed by atoms with van der Waals surface area (Å²) in [6.45, 7) is 3.85. The fraction of sp³-hybridized carbons (Fsp3) is 0.857. The van der Waals surface area contributed by atoms with Crippen LogP contribution in [0.2, 0.25) is 0 Å². The summed E-state index contributed by atoms with van der Waals surface area (Å²) in [4.78, 5) is 11.0. The monoisotopic (exact) mass is 127 g/mol. The van der Waals surface area contributed by atoms with E-state index >= 15 is 0 Å². The number of hydrogen-bond donors (Lipinski definition) is 1. The van der Waals surface area contributed by atoms with Gasteiger partial charge in [0.25, 0.3) is 0 Å². The summed E-state index contributed by atoms with van der Waals surface area (Å²) in [5.74, 6) is 0.745. The largest absolute Gasteiger partial charge is 0.316 e. The number of piperidine rings is 1. The van der Waals surface area contributed by atoms with E-state index < -0.39 is 0 Å². The quantitative estimate of drug-likeness (QED) is 0.558. The van der Waals surface area contributed by atoms with E-state index in [0.717, 1.165) is 25.9 Å². The molecule has 1 saturated heterocycles. The highest BCUT2D eigenvalue weighted by Gasteiger charge is 2.18. The summed E-state index contributed by atoms with van der Waals surface area (Å²) in [6, 6.07) is 0. The Bertz CT molecular complexity index is 111. The smallest absolute Gasteiger partial charge is 0.138 e. The molecule has 1 atom stereocenters. The molecule has 2 heteroatoms. The third kappa shape index (κ3) is 1.52. The van der Waals surface area contributed by atoms with Crippen LogP contribution in [0.3, 0.4) is 0 Å². The molecule has 9 heavy (non-hydrogen) atoms. The lowest BCUT2D eigenvalue weighted by atomic mass is 9.96. The molecular formula is C7H13NO. The first-order chi connectivity index (χ1) is 4.34. The lowest BCUT2D eigenvalue weighted by Crippen LogP contribution is -2.36. The summed E-state index contributed by atoms with van der Waals surface area (Å²) in [5.41, 5.74) is 0. The second-order valence-corrected chi connectivity index (χ2v) is 2.53. The SMILES string of the molecule is CC[C@H]1CNCCC1=O. The van der Waals surface area contributed by atoms with E-state index in [4.69, 9.17) is 0 Å². The second-order valence-electron chi connectivity index (χ2n) is 2.53. The Labute approximate surface area is 55.6 Å². The molecule has 0 aromatic heterocycles. The van der Waals surface area contributed by atoms with Crippen LogP contribution in [0.25, 0.3) is 0 Å². The molecule has 0 bridgehead atoms. The van der Waals surface area contributed by atoms with Gasteiger partial charge in [-0.1, -0.05) is 6.92 Å². The van der Waals surface area contributed by atoms with Gasteiger partial charge in [-0.3, -0.25) is 4.79 Å². The van der Waals surface area contributed by atoms with Crippen LogP contribution in [0, 0.1) is 5.92 Å². The average Bonchev–Trinajstić information content (AvgIpc) is 1.89. The Kier molecular flexibility index (Phi) is 2.22. The van der Waals surface area contributed by atoms with Crippen molar-refractivity contribution in [3.05, 3.63) is 0 Å². The summed E-state index contributed by atoms with van der Waals surface area (Å²) in [6.07, 6.45) is 1.73. The van der Waals surface area contributed by atoms with E-state index in [-0.39, 0.29) is 0 Å². The molecule has 1 N–H and O–H groups in total. The number of nitrogens with one attached hydrogen (secondary N) is 1. The van der Waals surface area contributed by atoms with Gasteiger partial charge in [-0.2, -0.15) is 0 Å². The van der Waals surface area contributed by atoms with E-state index in [9.17, 15) is 4.79 Å². The van der Waals surface area contributed by atoms with Crippen LogP contribution >= 0.6 is 0 Å². The van der Waals surface area contributed by atoms with Crippen LogP contribution in [0.15, 0.2) is 0 Å². The van der Waals surface area contributed by atoms with E-state index in [1.165, 1.54) is 0 Å². The van der Waals surface area contributed by atoms with E-state index in [1.807, 2.05) is 0 Å². The number of carbonyl (C=O) groups is 1. The molecule has 0 spiro atoms. The Morgan fingerprint density at radius 1 is 1.78 bits per heavy atom. The molecule has 0 aromatic rings. The highest BCUT2D eigenvalue weighted by Crippen LogP contribution is 2.08. The number of ketones is 1. The van der Waals surface area contributed by atoms with Crippen LogP contribution in [-0.4, -0.2) is 18.9 Å². The van der Waals surface area contributed by atoms with Crippen LogP contribution in [0.1, 0.15) is 19.8 Å². The average molecular weight is 127 g/mol. The number of rotatable bonds is 1. The van der Waals surface area contributed by atoms with Gasteiger partial charge in [-0.05, 0) is 6.42 Å². The molecule has 0 aromatic carbocycles. The molecule has 0 amide bonds. The molecule has 1 fully saturated rings. The number of carbonyl (C=O) groups excluding carboxylic acids is 1. The minimum Gasteiger partial charge on any atom is -0.316 e. The van der Waals surface area contributed by atoms with Crippen molar-refractivity contribution < 1.29 is 4.79 Å². The van der Waals surface area contributed by atoms with Crippen molar-refractivity contribution in [2.24, 2.45) is 5.92 Å². The molecule has 0 unspecified atom stereocenters. The second kappa shape index (κ2) is 2.97. The predicted molar refractivity (Wildman–Crippen MR) is 36.3 cm³/mol. The normalized spacial score (nSPS) is 28.6. The van der Waals surface area contributed by atoms with Gasteiger partial charge < -0.3 is 5.32 Å². The van der Waals surface area contributed by atoms with Gasteiger partial charge >= 0.3 is 0 Å². The molecule has 52 valence electrons. The fourth-order valence-electron chi connectivity index (χ4n) is 1.18. The summed E-state index contributed by atoms with van der Waals surface area (Å²) < 4.78 is 0.